The van der Waals surface area contributed by atoms with Gasteiger partial charge >= 0.3 is 0 Å². The van der Waals surface area contributed by atoms with Gasteiger partial charge in [0.1, 0.15) is 11.6 Å². The average molecular weight is 403 g/mol. The van der Waals surface area contributed by atoms with Crippen molar-refractivity contribution < 1.29 is 12.8 Å². The van der Waals surface area contributed by atoms with Crippen molar-refractivity contribution in [1.29, 1.82) is 0 Å². The molecule has 9 heteroatoms. The molecule has 148 valence electrons. The Balaban J connectivity index is 1.47. The van der Waals surface area contributed by atoms with Gasteiger partial charge < -0.3 is 9.88 Å². The maximum absolute atomic E-state index is 13.9. The van der Waals surface area contributed by atoms with Crippen molar-refractivity contribution in [2.24, 2.45) is 0 Å². The van der Waals surface area contributed by atoms with Crippen LogP contribution >= 0.6 is 0 Å². The highest BCUT2D eigenvalue weighted by Crippen LogP contribution is 2.24. The SMILES string of the molecule is CS(=O)(=O)NC1CCC(Nc2nccc(-n3ccc4c(F)cccc43)n2)CC1. The van der Waals surface area contributed by atoms with Crippen LogP contribution in [-0.2, 0) is 10.0 Å². The Hall–Kier alpha value is -2.52. The molecule has 0 saturated heterocycles. The van der Waals surface area contributed by atoms with Crippen molar-refractivity contribution in [3.63, 3.8) is 0 Å². The number of sulfonamides is 1. The molecule has 2 aromatic heterocycles. The third-order valence-electron chi connectivity index (χ3n) is 5.01. The normalized spacial score (nSPS) is 20.4. The minimum atomic E-state index is -3.18. The summed E-state index contributed by atoms with van der Waals surface area (Å²) >= 11 is 0. The number of nitrogens with one attached hydrogen (secondary N) is 2. The molecule has 1 aliphatic carbocycles. The predicted octanol–water partition coefficient (Wildman–Crippen LogP) is 2.83. The molecule has 0 bridgehead atoms. The van der Waals surface area contributed by atoms with E-state index in [1.54, 1.807) is 30.6 Å². The van der Waals surface area contributed by atoms with Gasteiger partial charge in [-0.2, -0.15) is 4.98 Å². The number of aromatic nitrogens is 3. The molecule has 28 heavy (non-hydrogen) atoms. The van der Waals surface area contributed by atoms with Crippen LogP contribution < -0.4 is 10.0 Å². The lowest BCUT2D eigenvalue weighted by atomic mass is 9.92. The smallest absolute Gasteiger partial charge is 0.224 e. The maximum Gasteiger partial charge on any atom is 0.224 e. The lowest BCUT2D eigenvalue weighted by Gasteiger charge is -2.29. The van der Waals surface area contributed by atoms with Crippen molar-refractivity contribution >= 4 is 26.9 Å². The number of hydrogen-bond acceptors (Lipinski definition) is 5. The van der Waals surface area contributed by atoms with Gasteiger partial charge in [-0.25, -0.2) is 22.5 Å². The molecule has 3 aromatic rings. The number of rotatable bonds is 5. The Morgan fingerprint density at radius 3 is 2.61 bits per heavy atom. The van der Waals surface area contributed by atoms with Crippen molar-refractivity contribution in [1.82, 2.24) is 19.3 Å². The second-order valence-electron chi connectivity index (χ2n) is 7.18. The van der Waals surface area contributed by atoms with E-state index in [0.29, 0.717) is 17.2 Å². The summed E-state index contributed by atoms with van der Waals surface area (Å²) in [4.78, 5) is 8.87. The molecule has 2 N–H and O–H groups in total. The van der Waals surface area contributed by atoms with Gasteiger partial charge in [-0.1, -0.05) is 6.07 Å². The van der Waals surface area contributed by atoms with E-state index in [1.807, 2.05) is 10.6 Å². The highest BCUT2D eigenvalue weighted by Gasteiger charge is 2.23. The van der Waals surface area contributed by atoms with E-state index in [1.165, 1.54) is 12.3 Å². The van der Waals surface area contributed by atoms with Gasteiger partial charge in [-0.15, -0.1) is 0 Å². The second kappa shape index (κ2) is 7.48. The van der Waals surface area contributed by atoms with Crippen molar-refractivity contribution in [3.8, 4) is 5.82 Å². The van der Waals surface area contributed by atoms with Gasteiger partial charge in [0.2, 0.25) is 16.0 Å². The fraction of sp³-hybridized carbons (Fsp3) is 0.368. The van der Waals surface area contributed by atoms with Gasteiger partial charge in [0.05, 0.1) is 11.8 Å². The number of nitrogens with zero attached hydrogens (tertiary/aromatic N) is 3. The van der Waals surface area contributed by atoms with Gasteiger partial charge in [0.15, 0.2) is 0 Å². The van der Waals surface area contributed by atoms with E-state index in [4.69, 9.17) is 0 Å². The van der Waals surface area contributed by atoms with Gasteiger partial charge in [-0.05, 0) is 49.9 Å². The van der Waals surface area contributed by atoms with Crippen LogP contribution in [0.2, 0.25) is 0 Å². The molecule has 0 aliphatic heterocycles. The van der Waals surface area contributed by atoms with Crippen LogP contribution in [0, 0.1) is 5.82 Å². The summed E-state index contributed by atoms with van der Waals surface area (Å²) in [6.07, 6.45) is 7.86. The number of hydrogen-bond donors (Lipinski definition) is 2. The zero-order chi connectivity index (χ0) is 19.7. The molecule has 0 unspecified atom stereocenters. The standard InChI is InChI=1S/C19H22FN5O2S/c1-28(26,27)24-14-7-5-13(6-8-14)22-19-21-11-9-18(23-19)25-12-10-15-16(20)3-2-4-17(15)25/h2-4,9-14,24H,5-8H2,1H3,(H,21,22,23). The minimum Gasteiger partial charge on any atom is -0.351 e. The summed E-state index contributed by atoms with van der Waals surface area (Å²) in [6, 6.07) is 8.65. The summed E-state index contributed by atoms with van der Waals surface area (Å²) in [5, 5.41) is 3.89. The first-order chi connectivity index (χ1) is 13.4. The molecule has 2 heterocycles. The maximum atomic E-state index is 13.9. The lowest BCUT2D eigenvalue weighted by molar-refractivity contribution is 0.387. The van der Waals surface area contributed by atoms with Crippen LogP contribution in [-0.4, -0.2) is 41.3 Å². The number of anilines is 1. The molecule has 1 aromatic carbocycles. The van der Waals surface area contributed by atoms with Crippen LogP contribution in [0.1, 0.15) is 25.7 Å². The molecule has 0 amide bonds. The Morgan fingerprint density at radius 2 is 1.86 bits per heavy atom. The minimum absolute atomic E-state index is 0.0126. The first-order valence-electron chi connectivity index (χ1n) is 9.22. The highest BCUT2D eigenvalue weighted by atomic mass is 32.2. The molecule has 0 radical (unpaired) electrons. The Labute approximate surface area is 163 Å². The predicted molar refractivity (Wildman–Crippen MR) is 106 cm³/mol. The fourth-order valence-electron chi connectivity index (χ4n) is 3.72. The van der Waals surface area contributed by atoms with Crippen molar-refractivity contribution in [3.05, 3.63) is 48.5 Å². The Kier molecular flexibility index (Phi) is 5.03. The topological polar surface area (TPSA) is 88.9 Å². The van der Waals surface area contributed by atoms with Gasteiger partial charge in [0.25, 0.3) is 0 Å². The molecule has 4 rings (SSSR count). The molecule has 0 atom stereocenters. The molecular formula is C19H22FN5O2S. The van der Waals surface area contributed by atoms with E-state index in [9.17, 15) is 12.8 Å². The zero-order valence-electron chi connectivity index (χ0n) is 15.5. The summed E-state index contributed by atoms with van der Waals surface area (Å²) < 4.78 is 41.2. The molecular weight excluding hydrogens is 381 g/mol. The zero-order valence-corrected chi connectivity index (χ0v) is 16.3. The average Bonchev–Trinajstić information content (AvgIpc) is 3.08. The summed E-state index contributed by atoms with van der Waals surface area (Å²) in [5.74, 6) is 0.906. The van der Waals surface area contributed by atoms with E-state index < -0.39 is 10.0 Å². The van der Waals surface area contributed by atoms with E-state index in [2.05, 4.69) is 20.0 Å². The third kappa shape index (κ3) is 4.15. The number of fused-ring (bicyclic) bond motifs is 1. The first kappa shape index (κ1) is 18.8. The van der Waals surface area contributed by atoms with Crippen LogP contribution in [0.4, 0.5) is 10.3 Å². The largest absolute Gasteiger partial charge is 0.351 e. The second-order valence-corrected chi connectivity index (χ2v) is 8.96. The van der Waals surface area contributed by atoms with E-state index >= 15 is 0 Å². The summed E-state index contributed by atoms with van der Waals surface area (Å²) in [6.45, 7) is 0. The number of benzene rings is 1. The van der Waals surface area contributed by atoms with Crippen LogP contribution in [0.3, 0.4) is 0 Å². The van der Waals surface area contributed by atoms with E-state index in [-0.39, 0.29) is 17.9 Å². The van der Waals surface area contributed by atoms with Crippen molar-refractivity contribution in [2.75, 3.05) is 11.6 Å². The Bertz CT molecular complexity index is 1090. The molecule has 1 aliphatic rings. The van der Waals surface area contributed by atoms with E-state index in [0.717, 1.165) is 31.2 Å². The van der Waals surface area contributed by atoms with Crippen LogP contribution in [0.25, 0.3) is 16.7 Å². The molecule has 0 spiro atoms. The van der Waals surface area contributed by atoms with Gasteiger partial charge in [0, 0.05) is 29.9 Å². The quantitative estimate of drug-likeness (QED) is 0.684. The number of halogens is 1. The first-order valence-corrected chi connectivity index (χ1v) is 11.1. The summed E-state index contributed by atoms with van der Waals surface area (Å²) in [5.41, 5.74) is 0.747. The lowest BCUT2D eigenvalue weighted by Crippen LogP contribution is -2.39. The third-order valence-corrected chi connectivity index (χ3v) is 5.77. The monoisotopic (exact) mass is 403 g/mol. The van der Waals surface area contributed by atoms with Crippen LogP contribution in [0.5, 0.6) is 0 Å². The van der Waals surface area contributed by atoms with Crippen molar-refractivity contribution in [2.45, 2.75) is 37.8 Å². The molecule has 1 saturated carbocycles. The molecule has 7 nitrogen and oxygen atoms in total. The Morgan fingerprint density at radius 1 is 1.11 bits per heavy atom. The van der Waals surface area contributed by atoms with Crippen LogP contribution in [0.15, 0.2) is 42.7 Å². The highest BCUT2D eigenvalue weighted by molar-refractivity contribution is 7.88. The van der Waals surface area contributed by atoms with Gasteiger partial charge in [-0.3, -0.25) is 0 Å². The summed E-state index contributed by atoms with van der Waals surface area (Å²) in [7, 11) is -3.18. The molecule has 1 fully saturated rings. The fourth-order valence-corrected chi connectivity index (χ4v) is 4.56.